The lowest BCUT2D eigenvalue weighted by molar-refractivity contribution is 0.672. The lowest BCUT2D eigenvalue weighted by Crippen LogP contribution is -2.28. The Morgan fingerprint density at radius 3 is 1.57 bits per heavy atom. The van der Waals surface area contributed by atoms with Crippen LogP contribution in [0.2, 0.25) is 0 Å². The van der Waals surface area contributed by atoms with Gasteiger partial charge in [0.1, 0.15) is 11.2 Å². The quantitative estimate of drug-likeness (QED) is 0.151. The molecule has 0 bridgehead atoms. The molecule has 1 aromatic heterocycles. The number of para-hydroxylation sites is 1. The summed E-state index contributed by atoms with van der Waals surface area (Å²) in [7, 11) is 0. The Morgan fingerprint density at radius 1 is 0.328 bits per heavy atom. The van der Waals surface area contributed by atoms with E-state index in [4.69, 9.17) is 4.42 Å². The van der Waals surface area contributed by atoms with Crippen molar-refractivity contribution < 1.29 is 4.42 Å². The Labute approximate surface area is 390 Å². The second-order valence-electron chi connectivity index (χ2n) is 17.5. The van der Waals surface area contributed by atoms with E-state index in [1.807, 2.05) is 0 Å². The summed E-state index contributed by atoms with van der Waals surface area (Å²) in [6.45, 7) is 0. The van der Waals surface area contributed by atoms with Gasteiger partial charge in [0, 0.05) is 22.1 Å². The lowest BCUT2D eigenvalue weighted by atomic mass is 9.67. The highest BCUT2D eigenvalue weighted by Gasteiger charge is 2.47. The molecule has 0 radical (unpaired) electrons. The van der Waals surface area contributed by atoms with E-state index in [9.17, 15) is 0 Å². The monoisotopic (exact) mass is 853 g/mol. The van der Waals surface area contributed by atoms with Gasteiger partial charge in [0.2, 0.25) is 0 Å². The fraction of sp³-hybridized carbons (Fsp3) is 0.0154. The molecular weight excluding hydrogens is 811 g/mol. The van der Waals surface area contributed by atoms with Crippen LogP contribution in [0.25, 0.3) is 77.2 Å². The number of rotatable bonds is 8. The zero-order valence-electron chi connectivity index (χ0n) is 36.7. The van der Waals surface area contributed by atoms with Crippen molar-refractivity contribution in [1.82, 2.24) is 0 Å². The number of hydrogen-bond acceptors (Lipinski definition) is 2. The maximum Gasteiger partial charge on any atom is 0.143 e. The summed E-state index contributed by atoms with van der Waals surface area (Å²) in [5, 5.41) is 4.37. The van der Waals surface area contributed by atoms with Gasteiger partial charge >= 0.3 is 0 Å². The molecule has 314 valence electrons. The zero-order valence-corrected chi connectivity index (χ0v) is 36.7. The average molecular weight is 854 g/mol. The fourth-order valence-electron chi connectivity index (χ4n) is 11.1. The number of hydrogen-bond donors (Lipinski definition) is 0. The molecule has 0 spiro atoms. The van der Waals surface area contributed by atoms with Crippen LogP contribution >= 0.6 is 0 Å². The summed E-state index contributed by atoms with van der Waals surface area (Å²) >= 11 is 0. The molecule has 2 nitrogen and oxygen atoms in total. The van der Waals surface area contributed by atoms with Crippen LogP contribution in [0, 0.1) is 0 Å². The summed E-state index contributed by atoms with van der Waals surface area (Å²) < 4.78 is 7.03. The van der Waals surface area contributed by atoms with Crippen LogP contribution in [0.1, 0.15) is 22.3 Å². The van der Waals surface area contributed by atoms with Crippen molar-refractivity contribution in [1.29, 1.82) is 0 Å². The van der Waals surface area contributed by atoms with Gasteiger partial charge in [0.15, 0.2) is 0 Å². The summed E-state index contributed by atoms with van der Waals surface area (Å²) in [6.07, 6.45) is 0. The molecular formula is C65H43NO. The van der Waals surface area contributed by atoms with Gasteiger partial charge in [0.05, 0.1) is 16.5 Å². The van der Waals surface area contributed by atoms with E-state index < -0.39 is 5.41 Å². The maximum absolute atomic E-state index is 7.03. The van der Waals surface area contributed by atoms with Gasteiger partial charge in [-0.3, -0.25) is 0 Å². The maximum atomic E-state index is 7.03. The first-order valence-electron chi connectivity index (χ1n) is 23.1. The predicted molar refractivity (Wildman–Crippen MR) is 280 cm³/mol. The normalized spacial score (nSPS) is 12.6. The van der Waals surface area contributed by atoms with Crippen molar-refractivity contribution >= 4 is 49.8 Å². The Morgan fingerprint density at radius 2 is 0.881 bits per heavy atom. The molecule has 0 fully saturated rings. The van der Waals surface area contributed by atoms with Crippen molar-refractivity contribution in [3.63, 3.8) is 0 Å². The molecule has 0 saturated heterocycles. The molecule has 11 aromatic carbocycles. The van der Waals surface area contributed by atoms with Gasteiger partial charge < -0.3 is 9.32 Å². The van der Waals surface area contributed by atoms with Crippen molar-refractivity contribution in [3.8, 4) is 44.5 Å². The first kappa shape index (κ1) is 38.7. The molecule has 1 aliphatic carbocycles. The van der Waals surface area contributed by atoms with E-state index in [1.165, 1.54) is 55.6 Å². The second-order valence-corrected chi connectivity index (χ2v) is 17.5. The summed E-state index contributed by atoms with van der Waals surface area (Å²) in [6, 6.07) is 95.0. The van der Waals surface area contributed by atoms with E-state index in [0.717, 1.165) is 60.9 Å². The minimum atomic E-state index is -0.574. The van der Waals surface area contributed by atoms with Crippen LogP contribution in [0.5, 0.6) is 0 Å². The third-order valence-electron chi connectivity index (χ3n) is 13.9. The van der Waals surface area contributed by atoms with Crippen LogP contribution < -0.4 is 4.90 Å². The van der Waals surface area contributed by atoms with Gasteiger partial charge in [-0.2, -0.15) is 0 Å². The molecule has 0 unspecified atom stereocenters. The molecule has 67 heavy (non-hydrogen) atoms. The highest BCUT2D eigenvalue weighted by Crippen LogP contribution is 2.59. The third kappa shape index (κ3) is 6.11. The van der Waals surface area contributed by atoms with Crippen LogP contribution in [0.15, 0.2) is 265 Å². The Kier molecular flexibility index (Phi) is 9.11. The van der Waals surface area contributed by atoms with Gasteiger partial charge in [-0.1, -0.05) is 206 Å². The fourth-order valence-corrected chi connectivity index (χ4v) is 11.1. The Balaban J connectivity index is 1.11. The van der Waals surface area contributed by atoms with Crippen LogP contribution in [-0.4, -0.2) is 0 Å². The number of anilines is 3. The van der Waals surface area contributed by atoms with E-state index in [2.05, 4.69) is 266 Å². The summed E-state index contributed by atoms with van der Waals surface area (Å²) in [5.74, 6) is 0. The van der Waals surface area contributed by atoms with Crippen molar-refractivity contribution in [2.45, 2.75) is 5.41 Å². The van der Waals surface area contributed by atoms with Crippen LogP contribution in [0.3, 0.4) is 0 Å². The molecule has 2 heteroatoms. The van der Waals surface area contributed by atoms with E-state index in [-0.39, 0.29) is 0 Å². The summed E-state index contributed by atoms with van der Waals surface area (Å²) in [4.78, 5) is 2.37. The Bertz CT molecular complexity index is 3730. The highest BCUT2D eigenvalue weighted by molar-refractivity contribution is 6.23. The minimum Gasteiger partial charge on any atom is -0.455 e. The first-order valence-corrected chi connectivity index (χ1v) is 23.1. The van der Waals surface area contributed by atoms with E-state index in [0.29, 0.717) is 0 Å². The topological polar surface area (TPSA) is 16.4 Å². The Hall–Kier alpha value is -8.72. The molecule has 0 N–H and O–H groups in total. The molecule has 0 aliphatic heterocycles. The lowest BCUT2D eigenvalue weighted by Gasteiger charge is -2.34. The largest absolute Gasteiger partial charge is 0.455 e. The number of nitrogens with zero attached hydrogens (tertiary/aromatic N) is 1. The van der Waals surface area contributed by atoms with Crippen LogP contribution in [0.4, 0.5) is 17.1 Å². The SMILES string of the molecule is c1ccc(-c2ccc(N(c3ccccc3)c3cccc4oc5c6ccccc6c(-c6cc(-c7ccccc7)c7c(c6)C(c6ccccc6)(c6ccccc6)c6ccccc6-7)cc5c34)cc2)cc1. The van der Waals surface area contributed by atoms with Gasteiger partial charge in [-0.05, 0) is 127 Å². The zero-order chi connectivity index (χ0) is 44.3. The molecule has 0 atom stereocenters. The van der Waals surface area contributed by atoms with Gasteiger partial charge in [0.25, 0.3) is 0 Å². The molecule has 1 heterocycles. The van der Waals surface area contributed by atoms with Gasteiger partial charge in [-0.25, -0.2) is 0 Å². The molecule has 13 rings (SSSR count). The van der Waals surface area contributed by atoms with Crippen molar-refractivity contribution in [2.75, 3.05) is 4.90 Å². The standard InChI is InChI=1S/C65H43NO/c1-6-21-44(22-7-1)45-37-39-51(40-38-45)66(50-29-14-5-15-30-50)60-35-20-36-61-63(60)57-43-55(52-31-16-17-32-53(52)64(57)67-61)47-41-56(46-23-8-2-9-24-46)62-54-33-18-19-34-58(54)65(59(62)42-47,48-25-10-3-11-26-48)49-27-12-4-13-28-49/h1-43H. The van der Waals surface area contributed by atoms with Crippen LogP contribution in [-0.2, 0) is 5.41 Å². The molecule has 1 aliphatic rings. The average Bonchev–Trinajstić information content (AvgIpc) is 3.94. The third-order valence-corrected chi connectivity index (χ3v) is 13.9. The number of fused-ring (bicyclic) bond motifs is 8. The predicted octanol–water partition coefficient (Wildman–Crippen LogP) is 17.6. The van der Waals surface area contributed by atoms with Crippen molar-refractivity contribution in [3.05, 3.63) is 283 Å². The number of furan rings is 1. The minimum absolute atomic E-state index is 0.574. The molecule has 12 aromatic rings. The summed E-state index contributed by atoms with van der Waals surface area (Å²) in [5.41, 5.74) is 19.0. The van der Waals surface area contributed by atoms with Crippen molar-refractivity contribution in [2.24, 2.45) is 0 Å². The second kappa shape index (κ2) is 15.8. The smallest absolute Gasteiger partial charge is 0.143 e. The number of benzene rings is 11. The molecule has 0 amide bonds. The first-order chi connectivity index (χ1) is 33.3. The van der Waals surface area contributed by atoms with Gasteiger partial charge in [-0.15, -0.1) is 0 Å². The van der Waals surface area contributed by atoms with E-state index >= 15 is 0 Å². The van der Waals surface area contributed by atoms with E-state index in [1.54, 1.807) is 0 Å². The molecule has 0 saturated carbocycles. The highest BCUT2D eigenvalue weighted by atomic mass is 16.3.